The van der Waals surface area contributed by atoms with E-state index in [9.17, 15) is 88.0 Å². The fraction of sp³-hybridized carbons (Fsp3) is 0.222. The molecule has 0 aromatic heterocycles. The molecule has 131 heavy (non-hydrogen) atoms. The number of nitro benzene ring substituents is 1. The summed E-state index contributed by atoms with van der Waals surface area (Å²) in [4.78, 5) is 101. The van der Waals surface area contributed by atoms with Gasteiger partial charge < -0.3 is 78.9 Å². The number of non-ortho nitro benzene ring substituents is 1. The summed E-state index contributed by atoms with van der Waals surface area (Å²) in [6, 6.07) is 47.8. The van der Waals surface area contributed by atoms with E-state index < -0.39 is 91.9 Å². The normalized spacial score (nSPS) is 10.6. The molecule has 0 heterocycles. The molecule has 0 unspecified atom stereocenters. The number of Topliss-reactive ketones (excluding diaryl/α,β-unsaturated/α-hetero) is 1. The van der Waals surface area contributed by atoms with Crippen LogP contribution in [0.3, 0.4) is 0 Å². The van der Waals surface area contributed by atoms with Crippen LogP contribution in [-0.4, -0.2) is 136 Å². The standard InChI is InChI=1S/2C16H17FN2O2.C13H14FN3O.C8H7F2NO.C8H7FN2O3.C8H9FN2O.C8H11NO.C7H3ClF2O.C4H6O.CH2N.CH4.B.H2S.U.V.2H2/c1-18-16(20)14-8-5-12(9-15(14)17)19-10-11-3-6-13(21-2)7-4-11;1-18-16(20)14-8-5-12(17)9-15(14)19-10-11-3-6-13(21-2)7-4-11;1-15-12(18)10-5-4-9(8-11(10)14)17-13(16-2)6-3-7-13;1-11-8(12)6-3-2-5(9)4-7(6)10;1-10-8(12)6-3-2-5(11(13)14)4-7(6)9;1-11-8(12)6-3-2-5(10)4-7(6)9;1-10-8-4-2-7(6-9)3-5-8;8-7(11)5-2-1-4(9)3-6(5)10;5-4-2-1-3-4;1-2;;;;;;;/h2*3-9,19H,10H2,1-2H3,(H,18,20);4-5,8,17H,3,6-7H2,1H3,(H,15,18);2-4H,1H3,(H,11,12);2-4H,1H3,(H,10,12);2-4H,10H2,1H3,(H,11,12);2-5H,6,9H2,1H3;1-3H;1-3H2;1H2;1H4;;1H2;;;2*1H/q;;;;;;;;;-1;;;;;;;/i;;;;;;;;;;;;;;;1+2;1+1. The van der Waals surface area contributed by atoms with Gasteiger partial charge in [-0.2, -0.15) is 13.5 Å². The average molecular weight is 2130 g/mol. The van der Waals surface area contributed by atoms with Crippen LogP contribution in [0.25, 0.3) is 10.3 Å². The van der Waals surface area contributed by atoms with Gasteiger partial charge in [-0.15, -0.1) is 0 Å². The van der Waals surface area contributed by atoms with Crippen LogP contribution in [0.15, 0.2) is 200 Å². The largest absolute Gasteiger partial charge is 0.817 e. The topological polar surface area (TPSA) is 394 Å². The molecule has 13 N–H and O–H groups in total. The quantitative estimate of drug-likeness (QED) is 0.00493. The zero-order valence-corrected chi connectivity index (χ0v) is 79.0. The Bertz CT molecular complexity index is 5310. The average Bonchev–Trinajstić information content (AvgIpc) is 0.799. The summed E-state index contributed by atoms with van der Waals surface area (Å²) in [7, 11) is 13.5. The zero-order valence-electron chi connectivity index (χ0n) is 71.7. The van der Waals surface area contributed by atoms with E-state index in [0.29, 0.717) is 71.9 Å². The maximum Gasteiger partial charge on any atom is 0.305 e. The number of ketones is 1. The number of carbonyl (C=O) groups is 8. The molecule has 0 spiro atoms. The van der Waals surface area contributed by atoms with Gasteiger partial charge in [0.05, 0.1) is 77.0 Å². The Morgan fingerprint density at radius 2 is 0.802 bits per heavy atom. The van der Waals surface area contributed by atoms with Gasteiger partial charge in [0.2, 0.25) is 0 Å². The Labute approximate surface area is 805 Å². The minimum Gasteiger partial charge on any atom is -0.817 e. The molecule has 2 aliphatic carbocycles. The molecule has 0 aliphatic heterocycles. The van der Waals surface area contributed by atoms with Crippen molar-refractivity contribution in [3.05, 3.63) is 335 Å². The van der Waals surface area contributed by atoms with Crippen LogP contribution < -0.4 is 73.5 Å². The van der Waals surface area contributed by atoms with Gasteiger partial charge in [0.25, 0.3) is 46.4 Å². The van der Waals surface area contributed by atoms with E-state index in [1.807, 2.05) is 72.8 Å². The molecule has 2 aliphatic rings. The molecule has 2 saturated carbocycles. The molecule has 10 aromatic rings. The van der Waals surface area contributed by atoms with E-state index in [-0.39, 0.29) is 133 Å². The van der Waals surface area contributed by atoms with Crippen molar-refractivity contribution in [2.75, 3.05) is 85.3 Å². The fourth-order valence-electron chi connectivity index (χ4n) is 10.1. The van der Waals surface area contributed by atoms with E-state index in [4.69, 9.17) is 49.3 Å². The first-order chi connectivity index (χ1) is 60.1. The predicted molar refractivity (Wildman–Crippen MR) is 491 cm³/mol. The molecule has 12 rings (SSSR count). The van der Waals surface area contributed by atoms with Gasteiger partial charge in [-0.05, 0) is 181 Å². The van der Waals surface area contributed by atoms with Crippen molar-refractivity contribution in [3.8, 4) is 17.2 Å². The summed E-state index contributed by atoms with van der Waals surface area (Å²) in [5.41, 5.74) is 14.6. The minimum absolute atomic E-state index is 0. The number of methoxy groups -OCH3 is 3. The second kappa shape index (κ2) is 64.9. The summed E-state index contributed by atoms with van der Waals surface area (Å²) in [5.74, 6) is -6.15. The molecule has 4 radical (unpaired) electrons. The first-order valence-corrected chi connectivity index (χ1v) is 37.8. The Morgan fingerprint density at radius 3 is 1.11 bits per heavy atom. The maximum atomic E-state index is 13.8. The van der Waals surface area contributed by atoms with Gasteiger partial charge in [0.15, 0.2) is 0 Å². The van der Waals surface area contributed by atoms with Gasteiger partial charge in [-0.1, -0.05) is 43.8 Å². The van der Waals surface area contributed by atoms with Gasteiger partial charge >= 0.3 is 5.66 Å². The Hall–Kier alpha value is -12.8. The number of ether oxygens (including phenoxy) is 3. The van der Waals surface area contributed by atoms with Crippen LogP contribution in [0.5, 0.6) is 17.2 Å². The van der Waals surface area contributed by atoms with Crippen LogP contribution >= 0.6 is 25.1 Å². The molecule has 0 bridgehead atoms. The van der Waals surface area contributed by atoms with E-state index in [1.165, 1.54) is 89.8 Å². The number of benzene rings is 10. The minimum atomic E-state index is -0.940. The smallest absolute Gasteiger partial charge is 0.305 e. The predicted octanol–water partition coefficient (Wildman–Crippen LogP) is 16.5. The van der Waals surface area contributed by atoms with Gasteiger partial charge in [-0.3, -0.25) is 53.3 Å². The Kier molecular flexibility index (Phi) is 60.6. The first-order valence-electron chi connectivity index (χ1n) is 37.5. The Balaban J connectivity index is -0.000000466. The number of carbonyl (C=O) groups excluding carboxylic acids is 8. The number of nitrogens with two attached hydrogens (primary N) is 2. The maximum absolute atomic E-state index is 13.8. The fourth-order valence-corrected chi connectivity index (χ4v) is 10.3. The van der Waals surface area contributed by atoms with Gasteiger partial charge in [0, 0.05) is 184 Å². The SMILES string of the molecule is C.C=[N-].CNC(=O)c1ccc(F)cc1F.CNC(=O)c1ccc(F)cc1NCc1ccc(OC)cc1.CNC(=O)c1ccc(N)cc1F.CNC(=O)c1ccc(NCc2ccc(OC)cc2)cc1F.CNC(=O)c1ccc([N+](=O)[O-])cc1F.COc1ccc(CN)cc1.O=C(Cl)c1ccc(F)cc1F.O=C1CCC1.S.[2HH].[3HH].[B].[C-]#[N+]C1(Nc2ccc(C(=O)NC)c(F)c2)CCC1.[U].[V]. The van der Waals surface area contributed by atoms with Crippen molar-refractivity contribution in [2.45, 2.75) is 71.2 Å². The zero-order chi connectivity index (χ0) is 94.2. The molecular formula is C90H103BClF9N14O13SUV-. The molecule has 41 heteroatoms. The van der Waals surface area contributed by atoms with Crippen LogP contribution in [0.4, 0.5) is 68.0 Å². The summed E-state index contributed by atoms with van der Waals surface area (Å²) < 4.78 is 132. The molecule has 27 nitrogen and oxygen atoms in total. The van der Waals surface area contributed by atoms with Crippen molar-refractivity contribution in [3.63, 3.8) is 0 Å². The number of nitro groups is 1. The van der Waals surface area contributed by atoms with Crippen molar-refractivity contribution in [1.82, 2.24) is 31.9 Å². The Morgan fingerprint density at radius 1 is 0.489 bits per heavy atom. The third kappa shape index (κ3) is 42.1. The van der Waals surface area contributed by atoms with Crippen LogP contribution in [0.1, 0.15) is 138 Å². The van der Waals surface area contributed by atoms with E-state index in [0.717, 1.165) is 115 Å². The number of nitrogen functional groups attached to an aromatic ring is 1. The molecule has 0 atom stereocenters. The summed E-state index contributed by atoms with van der Waals surface area (Å²) in [6.45, 7) is 11.0. The summed E-state index contributed by atoms with van der Waals surface area (Å²) in [5, 5.41) is 39.4. The van der Waals surface area contributed by atoms with E-state index in [1.54, 1.807) is 40.5 Å². The third-order valence-corrected chi connectivity index (χ3v) is 17.6. The molecule has 2 fully saturated rings. The number of halogens is 10. The number of anilines is 4. The van der Waals surface area contributed by atoms with Gasteiger partial charge in [0.1, 0.15) is 75.4 Å². The van der Waals surface area contributed by atoms with Gasteiger partial charge in [-0.25, -0.2) is 52.8 Å². The van der Waals surface area contributed by atoms with Crippen molar-refractivity contribution in [2.24, 2.45) is 5.73 Å². The number of rotatable bonds is 20. The van der Waals surface area contributed by atoms with Crippen molar-refractivity contribution < 1.29 is 150 Å². The molecule has 10 aromatic carbocycles. The van der Waals surface area contributed by atoms with Crippen molar-refractivity contribution in [1.29, 1.82) is 0 Å². The molecular weight excluding hydrogens is 2020 g/mol. The molecule has 6 amide bonds. The molecule has 700 valence electrons. The van der Waals surface area contributed by atoms with E-state index in [2.05, 4.69) is 59.4 Å². The molecule has 0 saturated heterocycles. The summed E-state index contributed by atoms with van der Waals surface area (Å²) >= 11 is 4.96. The van der Waals surface area contributed by atoms with E-state index >= 15 is 0 Å². The van der Waals surface area contributed by atoms with Crippen molar-refractivity contribution >= 4 is 115 Å². The number of amides is 6. The second-order valence-electron chi connectivity index (χ2n) is 25.7. The second-order valence-corrected chi connectivity index (χ2v) is 26.0. The number of nitrogens with one attached hydrogen (secondary N) is 9. The van der Waals surface area contributed by atoms with Crippen LogP contribution in [-0.2, 0) is 43.0 Å². The third-order valence-electron chi connectivity index (χ3n) is 17.4. The number of nitrogens with zero attached hydrogens (tertiary/aromatic N) is 3. The number of hydrogen-bond donors (Lipinski definition) is 11. The first kappa shape index (κ1) is 122. The summed E-state index contributed by atoms with van der Waals surface area (Å²) in [6.07, 6.45) is 5.39. The van der Waals surface area contributed by atoms with Crippen LogP contribution in [0.2, 0.25) is 0 Å². The monoisotopic (exact) mass is 2130 g/mol. The van der Waals surface area contributed by atoms with Crippen LogP contribution in [0, 0.1) is 100 Å². The number of hydrogen-bond acceptors (Lipinski definition) is 18.